The number of fused-ring (bicyclic) bond motifs is 1. The number of imidazole rings is 1. The number of ether oxygens (including phenoxy) is 1. The van der Waals surface area contributed by atoms with E-state index < -0.39 is 0 Å². The zero-order valence-electron chi connectivity index (χ0n) is 11.1. The summed E-state index contributed by atoms with van der Waals surface area (Å²) in [6.45, 7) is 7.55. The number of hydrogen-bond acceptors (Lipinski definition) is 4. The molecule has 19 heavy (non-hydrogen) atoms. The molecule has 2 rings (SSSR count). The van der Waals surface area contributed by atoms with Crippen LogP contribution in [0, 0.1) is 0 Å². The average Bonchev–Trinajstić information content (AvgIpc) is 2.86. The molecule has 0 aromatic carbocycles. The van der Waals surface area contributed by atoms with Crippen molar-refractivity contribution in [2.45, 2.75) is 0 Å². The number of allylic oxidation sites excluding steroid dienone is 3. The van der Waals surface area contributed by atoms with Crippen molar-refractivity contribution in [3.8, 4) is 0 Å². The van der Waals surface area contributed by atoms with Gasteiger partial charge in [0.1, 0.15) is 11.6 Å². The molecule has 0 bridgehead atoms. The molecule has 0 spiro atoms. The van der Waals surface area contributed by atoms with E-state index in [0.29, 0.717) is 5.76 Å². The minimum atomic E-state index is 0.554. The lowest BCUT2D eigenvalue weighted by molar-refractivity contribution is 0.309. The molecule has 0 atom stereocenters. The quantitative estimate of drug-likeness (QED) is 0.659. The maximum absolute atomic E-state index is 5.04. The maximum atomic E-state index is 5.04. The van der Waals surface area contributed by atoms with Gasteiger partial charge in [-0.25, -0.2) is 9.50 Å². The van der Waals surface area contributed by atoms with Crippen molar-refractivity contribution in [2.75, 3.05) is 19.5 Å². The molecule has 0 saturated heterocycles. The van der Waals surface area contributed by atoms with Crippen LogP contribution in [0.2, 0.25) is 0 Å². The summed E-state index contributed by atoms with van der Waals surface area (Å²) in [4.78, 5) is 4.34. The van der Waals surface area contributed by atoms with Gasteiger partial charge in [0.25, 0.3) is 0 Å². The number of aromatic nitrogens is 3. The van der Waals surface area contributed by atoms with E-state index in [4.69, 9.17) is 4.74 Å². The predicted molar refractivity (Wildman–Crippen MR) is 76.9 cm³/mol. The van der Waals surface area contributed by atoms with E-state index in [0.717, 1.165) is 22.7 Å². The number of methoxy groups -OCH3 is 1. The van der Waals surface area contributed by atoms with Gasteiger partial charge in [-0.05, 0) is 18.2 Å². The molecule has 0 amide bonds. The second-order valence-electron chi connectivity index (χ2n) is 3.87. The van der Waals surface area contributed by atoms with Crippen molar-refractivity contribution in [3.05, 3.63) is 55.1 Å². The lowest BCUT2D eigenvalue weighted by Crippen LogP contribution is -1.96. The fraction of sp³-hybridized carbons (Fsp3) is 0.143. The first-order valence-electron chi connectivity index (χ1n) is 5.79. The summed E-state index contributed by atoms with van der Waals surface area (Å²) in [7, 11) is 3.39. The molecular weight excluding hydrogens is 240 g/mol. The number of rotatable bonds is 5. The highest BCUT2D eigenvalue weighted by Gasteiger charge is 2.05. The van der Waals surface area contributed by atoms with Crippen LogP contribution < -0.4 is 5.32 Å². The Morgan fingerprint density at radius 2 is 2.26 bits per heavy atom. The predicted octanol–water partition coefficient (Wildman–Crippen LogP) is 2.50. The van der Waals surface area contributed by atoms with E-state index in [1.165, 1.54) is 0 Å². The van der Waals surface area contributed by atoms with Crippen molar-refractivity contribution in [1.82, 2.24) is 14.6 Å². The molecule has 0 fully saturated rings. The molecule has 1 N–H and O–H groups in total. The third-order valence-corrected chi connectivity index (χ3v) is 2.67. The minimum absolute atomic E-state index is 0.554. The average molecular weight is 256 g/mol. The van der Waals surface area contributed by atoms with Crippen molar-refractivity contribution in [3.63, 3.8) is 0 Å². The summed E-state index contributed by atoms with van der Waals surface area (Å²) in [5.41, 5.74) is 2.40. The lowest BCUT2D eigenvalue weighted by Gasteiger charge is -2.03. The van der Waals surface area contributed by atoms with Gasteiger partial charge >= 0.3 is 0 Å². The largest absolute Gasteiger partial charge is 0.497 e. The van der Waals surface area contributed by atoms with Crippen LogP contribution in [0.3, 0.4) is 0 Å². The molecule has 2 aromatic heterocycles. The Morgan fingerprint density at radius 1 is 1.47 bits per heavy atom. The fourth-order valence-corrected chi connectivity index (χ4v) is 1.63. The topological polar surface area (TPSA) is 51.5 Å². The van der Waals surface area contributed by atoms with Crippen molar-refractivity contribution < 1.29 is 4.74 Å². The Bertz CT molecular complexity index is 655. The summed E-state index contributed by atoms with van der Waals surface area (Å²) in [6, 6.07) is 3.79. The third kappa shape index (κ3) is 2.65. The standard InChI is InChI=1S/C14H16N4O/c1-5-11(8-10(2)19-4)12-6-7-14-16-13(15-3)9-18(14)17-12/h5-9,15H,1-2H2,3-4H3/b11-8+. The van der Waals surface area contributed by atoms with E-state index in [9.17, 15) is 0 Å². The molecule has 0 saturated carbocycles. The second kappa shape index (κ2) is 5.39. The van der Waals surface area contributed by atoms with Crippen LogP contribution in [-0.2, 0) is 4.74 Å². The first kappa shape index (κ1) is 12.9. The summed E-state index contributed by atoms with van der Waals surface area (Å²) in [5, 5.41) is 7.46. The molecular formula is C14H16N4O. The first-order valence-corrected chi connectivity index (χ1v) is 5.79. The van der Waals surface area contributed by atoms with E-state index in [1.807, 2.05) is 25.4 Å². The summed E-state index contributed by atoms with van der Waals surface area (Å²) < 4.78 is 6.75. The zero-order valence-corrected chi connectivity index (χ0v) is 11.1. The van der Waals surface area contributed by atoms with E-state index >= 15 is 0 Å². The lowest BCUT2D eigenvalue weighted by atomic mass is 10.1. The summed E-state index contributed by atoms with van der Waals surface area (Å²) in [6.07, 6.45) is 5.33. The highest BCUT2D eigenvalue weighted by Crippen LogP contribution is 2.17. The Hall–Kier alpha value is -2.56. The fourth-order valence-electron chi connectivity index (χ4n) is 1.63. The highest BCUT2D eigenvalue weighted by atomic mass is 16.5. The molecule has 5 nitrogen and oxygen atoms in total. The van der Waals surface area contributed by atoms with Gasteiger partial charge in [0.2, 0.25) is 0 Å². The number of anilines is 1. The van der Waals surface area contributed by atoms with Gasteiger partial charge in [0.05, 0.1) is 19.0 Å². The molecule has 0 aliphatic carbocycles. The molecule has 0 radical (unpaired) electrons. The molecule has 0 unspecified atom stereocenters. The minimum Gasteiger partial charge on any atom is -0.497 e. The van der Waals surface area contributed by atoms with Gasteiger partial charge in [-0.1, -0.05) is 19.2 Å². The number of nitrogens with one attached hydrogen (secondary N) is 1. The van der Waals surface area contributed by atoms with E-state index in [2.05, 4.69) is 28.6 Å². The molecule has 2 aromatic rings. The van der Waals surface area contributed by atoms with Crippen LogP contribution in [0.5, 0.6) is 0 Å². The highest BCUT2D eigenvalue weighted by molar-refractivity contribution is 5.73. The molecule has 5 heteroatoms. The van der Waals surface area contributed by atoms with Gasteiger partial charge in [-0.15, -0.1) is 0 Å². The number of nitrogens with zero attached hydrogens (tertiary/aromatic N) is 3. The Balaban J connectivity index is 2.46. The van der Waals surface area contributed by atoms with E-state index in [-0.39, 0.29) is 0 Å². The van der Waals surface area contributed by atoms with Crippen molar-refractivity contribution in [1.29, 1.82) is 0 Å². The molecule has 0 aliphatic rings. The summed E-state index contributed by atoms with van der Waals surface area (Å²) >= 11 is 0. The van der Waals surface area contributed by atoms with Gasteiger partial charge in [-0.3, -0.25) is 0 Å². The van der Waals surface area contributed by atoms with Gasteiger partial charge in [-0.2, -0.15) is 5.10 Å². The zero-order chi connectivity index (χ0) is 13.8. The Labute approximate surface area is 111 Å². The monoisotopic (exact) mass is 256 g/mol. The van der Waals surface area contributed by atoms with Gasteiger partial charge in [0, 0.05) is 12.6 Å². The number of hydrogen-bond donors (Lipinski definition) is 1. The second-order valence-corrected chi connectivity index (χ2v) is 3.87. The van der Waals surface area contributed by atoms with Crippen LogP contribution in [0.15, 0.2) is 49.4 Å². The first-order chi connectivity index (χ1) is 9.17. The van der Waals surface area contributed by atoms with Gasteiger partial charge in [0.15, 0.2) is 5.65 Å². The smallest absolute Gasteiger partial charge is 0.156 e. The Morgan fingerprint density at radius 3 is 2.89 bits per heavy atom. The third-order valence-electron chi connectivity index (χ3n) is 2.67. The Kier molecular flexibility index (Phi) is 3.66. The van der Waals surface area contributed by atoms with Crippen LogP contribution in [0.25, 0.3) is 11.2 Å². The maximum Gasteiger partial charge on any atom is 0.156 e. The van der Waals surface area contributed by atoms with Gasteiger partial charge < -0.3 is 10.1 Å². The molecule has 0 aliphatic heterocycles. The van der Waals surface area contributed by atoms with Crippen LogP contribution in [-0.4, -0.2) is 28.8 Å². The normalized spacial score (nSPS) is 11.4. The summed E-state index contributed by atoms with van der Waals surface area (Å²) in [5.74, 6) is 1.33. The SMILES string of the molecule is C=C/C(=C\C(=C)OC)c1ccc2nc(NC)cn2n1. The molecule has 98 valence electrons. The van der Waals surface area contributed by atoms with Crippen LogP contribution in [0.1, 0.15) is 5.69 Å². The van der Waals surface area contributed by atoms with Crippen molar-refractivity contribution >= 4 is 17.0 Å². The van der Waals surface area contributed by atoms with E-state index in [1.54, 1.807) is 23.8 Å². The van der Waals surface area contributed by atoms with Crippen molar-refractivity contribution in [2.24, 2.45) is 0 Å². The van der Waals surface area contributed by atoms with Crippen LogP contribution in [0.4, 0.5) is 5.82 Å². The van der Waals surface area contributed by atoms with Crippen LogP contribution >= 0.6 is 0 Å². The molecule has 2 heterocycles.